The molecule has 3 nitrogen and oxygen atoms in total. The number of nitrogens with zero attached hydrogens (tertiary/aromatic N) is 1. The Kier molecular flexibility index (Phi) is 5.38. The van der Waals surface area contributed by atoms with Crippen LogP contribution in [0.3, 0.4) is 0 Å². The Balaban J connectivity index is 1.96. The van der Waals surface area contributed by atoms with Gasteiger partial charge in [0.1, 0.15) is 6.10 Å². The first-order chi connectivity index (χ1) is 9.95. The molecule has 3 atom stereocenters. The molecule has 1 heterocycles. The van der Waals surface area contributed by atoms with Crippen LogP contribution < -0.4 is 4.57 Å². The van der Waals surface area contributed by atoms with Gasteiger partial charge in [-0.3, -0.25) is 0 Å². The third kappa shape index (κ3) is 4.55. The van der Waals surface area contributed by atoms with E-state index in [4.69, 9.17) is 4.74 Å². The van der Waals surface area contributed by atoms with Gasteiger partial charge >= 0.3 is 5.97 Å². The molecule has 0 bridgehead atoms. The van der Waals surface area contributed by atoms with E-state index in [9.17, 15) is 4.79 Å². The highest BCUT2D eigenvalue weighted by Crippen LogP contribution is 2.35. The second-order valence-electron chi connectivity index (χ2n) is 6.91. The summed E-state index contributed by atoms with van der Waals surface area (Å²) in [5.74, 6) is 1.62. The maximum absolute atomic E-state index is 12.2. The van der Waals surface area contributed by atoms with Gasteiger partial charge in [-0.25, -0.2) is 4.79 Å². The molecule has 116 valence electrons. The highest BCUT2D eigenvalue weighted by atomic mass is 16.5. The van der Waals surface area contributed by atoms with E-state index in [1.807, 2.05) is 36.0 Å². The largest absolute Gasteiger partial charge is 0.457 e. The molecular formula is C18H28NO2+. The molecule has 1 saturated carbocycles. The van der Waals surface area contributed by atoms with Gasteiger partial charge in [0.25, 0.3) is 0 Å². The van der Waals surface area contributed by atoms with Crippen LogP contribution in [0.25, 0.3) is 0 Å². The summed E-state index contributed by atoms with van der Waals surface area (Å²) in [5.41, 5.74) is 1.15. The van der Waals surface area contributed by atoms with Crippen LogP contribution in [0, 0.1) is 24.7 Å². The van der Waals surface area contributed by atoms with Crippen molar-refractivity contribution in [3.63, 3.8) is 0 Å². The molecule has 21 heavy (non-hydrogen) atoms. The van der Waals surface area contributed by atoms with Crippen molar-refractivity contribution in [2.45, 2.75) is 59.6 Å². The zero-order valence-corrected chi connectivity index (χ0v) is 13.7. The molecule has 0 aliphatic heterocycles. The van der Waals surface area contributed by atoms with Crippen LogP contribution >= 0.6 is 0 Å². The predicted molar refractivity (Wildman–Crippen MR) is 82.6 cm³/mol. The molecule has 0 radical (unpaired) electrons. The van der Waals surface area contributed by atoms with E-state index in [1.54, 1.807) is 0 Å². The zero-order valence-electron chi connectivity index (χ0n) is 13.7. The number of rotatable bonds is 4. The SMILES string of the molecule is Cc1ccc[n+](CC(=O)O[C@H]2C[C@H](C)CC[C@H]2C(C)C)c1. The van der Waals surface area contributed by atoms with Gasteiger partial charge in [0, 0.05) is 11.6 Å². The summed E-state index contributed by atoms with van der Waals surface area (Å²) < 4.78 is 7.72. The summed E-state index contributed by atoms with van der Waals surface area (Å²) in [5, 5.41) is 0. The van der Waals surface area contributed by atoms with Crippen LogP contribution in [0.5, 0.6) is 0 Å². The summed E-state index contributed by atoms with van der Waals surface area (Å²) in [6.45, 7) is 9.05. The summed E-state index contributed by atoms with van der Waals surface area (Å²) in [7, 11) is 0. The van der Waals surface area contributed by atoms with Crippen LogP contribution in [0.1, 0.15) is 45.6 Å². The second kappa shape index (κ2) is 7.06. The van der Waals surface area contributed by atoms with Gasteiger partial charge < -0.3 is 4.74 Å². The monoisotopic (exact) mass is 290 g/mol. The number of ether oxygens (including phenoxy) is 1. The highest BCUT2D eigenvalue weighted by Gasteiger charge is 2.33. The quantitative estimate of drug-likeness (QED) is 0.629. The number of hydrogen-bond donors (Lipinski definition) is 0. The first-order valence-electron chi connectivity index (χ1n) is 8.11. The number of carbonyl (C=O) groups is 1. The van der Waals surface area contributed by atoms with Crippen molar-refractivity contribution in [3.05, 3.63) is 30.1 Å². The molecule has 0 saturated heterocycles. The molecule has 3 heteroatoms. The van der Waals surface area contributed by atoms with Crippen molar-refractivity contribution in [1.82, 2.24) is 0 Å². The van der Waals surface area contributed by atoms with Gasteiger partial charge in [0.15, 0.2) is 12.4 Å². The van der Waals surface area contributed by atoms with E-state index in [2.05, 4.69) is 20.8 Å². The van der Waals surface area contributed by atoms with Gasteiger partial charge in [-0.15, -0.1) is 0 Å². The van der Waals surface area contributed by atoms with Crippen LogP contribution in [-0.2, 0) is 16.1 Å². The van der Waals surface area contributed by atoms with Crippen molar-refractivity contribution in [2.75, 3.05) is 0 Å². The highest BCUT2D eigenvalue weighted by molar-refractivity contribution is 5.67. The van der Waals surface area contributed by atoms with E-state index in [0.29, 0.717) is 24.3 Å². The van der Waals surface area contributed by atoms with Gasteiger partial charge in [-0.2, -0.15) is 4.57 Å². The minimum atomic E-state index is -0.115. The molecule has 0 unspecified atom stereocenters. The standard InChI is InChI=1S/C18H28NO2/c1-13(2)16-8-7-14(3)10-17(16)21-18(20)12-19-9-5-6-15(4)11-19/h5-6,9,11,13-14,16-17H,7-8,10,12H2,1-4H3/q+1/t14-,16+,17+/m1/s1. The van der Waals surface area contributed by atoms with E-state index in [1.165, 1.54) is 12.8 Å². The number of pyridine rings is 1. The third-order valence-electron chi connectivity index (χ3n) is 4.56. The number of esters is 1. The Hall–Kier alpha value is -1.38. The Morgan fingerprint density at radius 3 is 2.86 bits per heavy atom. The zero-order chi connectivity index (χ0) is 15.4. The van der Waals surface area contributed by atoms with Crippen molar-refractivity contribution in [2.24, 2.45) is 17.8 Å². The molecule has 1 aromatic heterocycles. The normalized spacial score (nSPS) is 25.9. The fraction of sp³-hybridized carbons (Fsp3) is 0.667. The lowest BCUT2D eigenvalue weighted by Crippen LogP contribution is -2.42. The minimum absolute atomic E-state index is 0.0895. The van der Waals surface area contributed by atoms with Crippen molar-refractivity contribution < 1.29 is 14.1 Å². The van der Waals surface area contributed by atoms with Gasteiger partial charge in [0.05, 0.1) is 0 Å². The Bertz CT molecular complexity index is 484. The summed E-state index contributed by atoms with van der Waals surface area (Å²) in [6.07, 6.45) is 7.42. The summed E-state index contributed by atoms with van der Waals surface area (Å²) in [4.78, 5) is 12.2. The lowest BCUT2D eigenvalue weighted by Gasteiger charge is -2.36. The maximum Gasteiger partial charge on any atom is 0.372 e. The summed E-state index contributed by atoms with van der Waals surface area (Å²) in [6, 6.07) is 3.99. The molecule has 1 aliphatic rings. The van der Waals surface area contributed by atoms with Crippen molar-refractivity contribution in [1.29, 1.82) is 0 Å². The van der Waals surface area contributed by atoms with Gasteiger partial charge in [-0.05, 0) is 43.6 Å². The second-order valence-corrected chi connectivity index (χ2v) is 6.91. The van der Waals surface area contributed by atoms with Gasteiger partial charge in [-0.1, -0.05) is 27.2 Å². The molecule has 1 aromatic rings. The van der Waals surface area contributed by atoms with Crippen LogP contribution in [0.15, 0.2) is 24.5 Å². The number of aromatic nitrogens is 1. The topological polar surface area (TPSA) is 30.2 Å². The van der Waals surface area contributed by atoms with E-state index >= 15 is 0 Å². The Labute approximate surface area is 128 Å². The smallest absolute Gasteiger partial charge is 0.372 e. The predicted octanol–water partition coefficient (Wildman–Crippen LogP) is 3.29. The first kappa shape index (κ1) is 16.0. The van der Waals surface area contributed by atoms with E-state index in [-0.39, 0.29) is 12.1 Å². The number of aryl methyl sites for hydroxylation is 1. The van der Waals surface area contributed by atoms with Crippen molar-refractivity contribution >= 4 is 5.97 Å². The third-order valence-corrected chi connectivity index (χ3v) is 4.56. The fourth-order valence-electron chi connectivity index (χ4n) is 3.36. The average Bonchev–Trinajstić information content (AvgIpc) is 2.38. The average molecular weight is 290 g/mol. The molecule has 0 N–H and O–H groups in total. The van der Waals surface area contributed by atoms with E-state index < -0.39 is 0 Å². The molecule has 2 rings (SSSR count). The van der Waals surface area contributed by atoms with Crippen molar-refractivity contribution in [3.8, 4) is 0 Å². The molecule has 0 spiro atoms. The first-order valence-corrected chi connectivity index (χ1v) is 8.11. The minimum Gasteiger partial charge on any atom is -0.457 e. The number of hydrogen-bond acceptors (Lipinski definition) is 2. The van der Waals surface area contributed by atoms with Crippen LogP contribution in [0.2, 0.25) is 0 Å². The number of carbonyl (C=O) groups excluding carboxylic acids is 1. The fourth-order valence-corrected chi connectivity index (χ4v) is 3.36. The Morgan fingerprint density at radius 2 is 2.19 bits per heavy atom. The van der Waals surface area contributed by atoms with Gasteiger partial charge in [0.2, 0.25) is 6.54 Å². The lowest BCUT2D eigenvalue weighted by molar-refractivity contribution is -0.686. The van der Waals surface area contributed by atoms with E-state index in [0.717, 1.165) is 12.0 Å². The molecule has 1 aliphatic carbocycles. The molecule has 1 fully saturated rings. The van der Waals surface area contributed by atoms with Crippen LogP contribution in [0.4, 0.5) is 0 Å². The Morgan fingerprint density at radius 1 is 1.43 bits per heavy atom. The molecule has 0 aromatic carbocycles. The molecule has 0 amide bonds. The molecular weight excluding hydrogens is 262 g/mol. The maximum atomic E-state index is 12.2. The van der Waals surface area contributed by atoms with Crippen LogP contribution in [-0.4, -0.2) is 12.1 Å². The summed E-state index contributed by atoms with van der Waals surface area (Å²) >= 11 is 0. The lowest BCUT2D eigenvalue weighted by atomic mass is 9.75.